The van der Waals surface area contributed by atoms with Crippen molar-refractivity contribution in [1.29, 1.82) is 0 Å². The van der Waals surface area contributed by atoms with Crippen molar-refractivity contribution in [3.63, 3.8) is 0 Å². The highest BCUT2D eigenvalue weighted by Crippen LogP contribution is 2.64. The molecule has 0 spiro atoms. The van der Waals surface area contributed by atoms with Crippen LogP contribution in [0.3, 0.4) is 0 Å². The van der Waals surface area contributed by atoms with Crippen molar-refractivity contribution in [2.75, 3.05) is 0 Å². The van der Waals surface area contributed by atoms with E-state index in [0.717, 1.165) is 24.8 Å². The van der Waals surface area contributed by atoms with Crippen molar-refractivity contribution in [3.05, 3.63) is 23.8 Å². The normalized spacial score (nSPS) is 45.4. The third-order valence-electron chi connectivity index (χ3n) is 8.44. The molecular formula is C22H28O4. The van der Waals surface area contributed by atoms with E-state index in [2.05, 4.69) is 19.1 Å². The first-order chi connectivity index (χ1) is 12.2. The number of carboxylic acids is 1. The van der Waals surface area contributed by atoms with E-state index in [1.54, 1.807) is 13.0 Å². The first kappa shape index (κ1) is 17.7. The number of hydrogen-bond acceptors (Lipinski definition) is 3. The number of fused-ring (bicyclic) bond motifs is 5. The summed E-state index contributed by atoms with van der Waals surface area (Å²) < 4.78 is 0. The molecular weight excluding hydrogens is 328 g/mol. The summed E-state index contributed by atoms with van der Waals surface area (Å²) in [6.45, 7) is 6.00. The summed E-state index contributed by atoms with van der Waals surface area (Å²) in [4.78, 5) is 36.8. The molecule has 2 saturated carbocycles. The molecule has 0 radical (unpaired) electrons. The van der Waals surface area contributed by atoms with Gasteiger partial charge in [0.15, 0.2) is 5.78 Å². The fraction of sp³-hybridized carbons (Fsp3) is 0.682. The van der Waals surface area contributed by atoms with Crippen LogP contribution in [0.5, 0.6) is 0 Å². The maximum atomic E-state index is 13.4. The van der Waals surface area contributed by atoms with Crippen LogP contribution in [0.1, 0.15) is 52.9 Å². The van der Waals surface area contributed by atoms with Crippen LogP contribution >= 0.6 is 0 Å². The lowest BCUT2D eigenvalue weighted by molar-refractivity contribution is -0.151. The first-order valence-electron chi connectivity index (χ1n) is 9.89. The largest absolute Gasteiger partial charge is 0.481 e. The number of allylic oxidation sites excluding steroid dienone is 4. The summed E-state index contributed by atoms with van der Waals surface area (Å²) in [5.74, 6) is -0.186. The predicted molar refractivity (Wildman–Crippen MR) is 97.3 cm³/mol. The van der Waals surface area contributed by atoms with E-state index in [-0.39, 0.29) is 34.7 Å². The molecule has 0 aromatic carbocycles. The first-order valence-corrected chi connectivity index (χ1v) is 9.89. The van der Waals surface area contributed by atoms with Crippen molar-refractivity contribution in [1.82, 2.24) is 0 Å². The quantitative estimate of drug-likeness (QED) is 0.817. The van der Waals surface area contributed by atoms with Crippen molar-refractivity contribution >= 4 is 17.5 Å². The Morgan fingerprint density at radius 3 is 2.65 bits per heavy atom. The molecule has 140 valence electrons. The summed E-state index contributed by atoms with van der Waals surface area (Å²) in [5.41, 5.74) is 0.437. The van der Waals surface area contributed by atoms with Crippen LogP contribution in [-0.2, 0) is 14.4 Å². The van der Waals surface area contributed by atoms with Gasteiger partial charge in [-0.1, -0.05) is 32.9 Å². The van der Waals surface area contributed by atoms with Crippen LogP contribution < -0.4 is 0 Å². The zero-order chi connectivity index (χ0) is 18.9. The average molecular weight is 356 g/mol. The smallest absolute Gasteiger partial charge is 0.306 e. The Labute approximate surface area is 154 Å². The predicted octanol–water partition coefficient (Wildman–Crippen LogP) is 3.81. The Kier molecular flexibility index (Phi) is 3.84. The van der Waals surface area contributed by atoms with Crippen molar-refractivity contribution in [2.24, 2.45) is 40.4 Å². The zero-order valence-corrected chi connectivity index (χ0v) is 15.8. The second kappa shape index (κ2) is 5.64. The molecule has 4 aliphatic carbocycles. The third-order valence-corrected chi connectivity index (χ3v) is 8.44. The molecule has 7 atom stereocenters. The van der Waals surface area contributed by atoms with Gasteiger partial charge in [-0.05, 0) is 60.0 Å². The van der Waals surface area contributed by atoms with Gasteiger partial charge >= 0.3 is 5.97 Å². The number of carbonyl (C=O) groups excluding carboxylic acids is 2. The molecule has 5 unspecified atom stereocenters. The lowest BCUT2D eigenvalue weighted by Crippen LogP contribution is -2.54. The van der Waals surface area contributed by atoms with E-state index in [1.165, 1.54) is 0 Å². The topological polar surface area (TPSA) is 71.4 Å². The summed E-state index contributed by atoms with van der Waals surface area (Å²) in [6.07, 6.45) is 9.73. The molecule has 4 rings (SSSR count). The van der Waals surface area contributed by atoms with E-state index in [0.29, 0.717) is 18.8 Å². The standard InChI is InChI=1S/C22H28O4/c1-12(20(25)26)16-6-7-17-15-5-4-13-10-14(23)8-9-21(13,2)18(15)11-19(24)22(16,17)3/h4-5,10,12,15-18H,6-9,11H2,1-3H3,(H,25,26)/t12?,15?,16?,17?,18?,21-,22+/m0/s1. The van der Waals surface area contributed by atoms with Crippen LogP contribution in [-0.4, -0.2) is 22.6 Å². The van der Waals surface area contributed by atoms with Gasteiger partial charge in [-0.25, -0.2) is 0 Å². The maximum Gasteiger partial charge on any atom is 0.306 e. The molecule has 0 aromatic rings. The van der Waals surface area contributed by atoms with Gasteiger partial charge in [0.2, 0.25) is 0 Å². The second-order valence-corrected chi connectivity index (χ2v) is 9.35. The summed E-state index contributed by atoms with van der Waals surface area (Å²) >= 11 is 0. The molecule has 4 nitrogen and oxygen atoms in total. The van der Waals surface area contributed by atoms with Crippen molar-refractivity contribution in [3.8, 4) is 0 Å². The highest BCUT2D eigenvalue weighted by Gasteiger charge is 2.63. The monoisotopic (exact) mass is 356 g/mol. The Morgan fingerprint density at radius 1 is 1.23 bits per heavy atom. The number of aliphatic carboxylic acids is 1. The molecule has 0 aromatic heterocycles. The van der Waals surface area contributed by atoms with Gasteiger partial charge in [0.25, 0.3) is 0 Å². The van der Waals surface area contributed by atoms with Gasteiger partial charge in [0.05, 0.1) is 5.92 Å². The fourth-order valence-electron chi connectivity index (χ4n) is 6.73. The van der Waals surface area contributed by atoms with Gasteiger partial charge in [-0.15, -0.1) is 0 Å². The van der Waals surface area contributed by atoms with Gasteiger partial charge in [-0.3, -0.25) is 14.4 Å². The highest BCUT2D eigenvalue weighted by atomic mass is 16.4. The molecule has 0 aliphatic heterocycles. The second-order valence-electron chi connectivity index (χ2n) is 9.35. The van der Waals surface area contributed by atoms with Gasteiger partial charge in [0.1, 0.15) is 5.78 Å². The Morgan fingerprint density at radius 2 is 1.96 bits per heavy atom. The van der Waals surface area contributed by atoms with E-state index < -0.39 is 17.3 Å². The summed E-state index contributed by atoms with van der Waals surface area (Å²) in [5, 5.41) is 9.52. The van der Waals surface area contributed by atoms with Gasteiger partial charge in [-0.2, -0.15) is 0 Å². The number of carboxylic acid groups (broad SMARTS) is 1. The van der Waals surface area contributed by atoms with Crippen LogP contribution in [0.15, 0.2) is 23.8 Å². The summed E-state index contributed by atoms with van der Waals surface area (Å²) in [6, 6.07) is 0. The Bertz CT molecular complexity index is 747. The molecule has 0 bridgehead atoms. The van der Waals surface area contributed by atoms with Gasteiger partial charge in [0, 0.05) is 18.3 Å². The zero-order valence-electron chi connectivity index (χ0n) is 15.8. The Hall–Kier alpha value is -1.71. The molecule has 26 heavy (non-hydrogen) atoms. The average Bonchev–Trinajstić information content (AvgIpc) is 2.94. The molecule has 2 fully saturated rings. The fourth-order valence-corrected chi connectivity index (χ4v) is 6.73. The van der Waals surface area contributed by atoms with Crippen LogP contribution in [0, 0.1) is 40.4 Å². The SMILES string of the molecule is CC(C(=O)O)C1CCC2C3C=CC4=CC(=O)CC[C@]4(C)C3CC(=O)[C@]12C. The Balaban J connectivity index is 1.75. The van der Waals surface area contributed by atoms with Crippen molar-refractivity contribution in [2.45, 2.75) is 52.9 Å². The molecule has 4 heteroatoms. The van der Waals surface area contributed by atoms with Crippen molar-refractivity contribution < 1.29 is 19.5 Å². The molecule has 0 amide bonds. The molecule has 1 N–H and O–H groups in total. The highest BCUT2D eigenvalue weighted by molar-refractivity contribution is 5.93. The van der Waals surface area contributed by atoms with Crippen LogP contribution in [0.4, 0.5) is 0 Å². The maximum absolute atomic E-state index is 13.4. The minimum Gasteiger partial charge on any atom is -0.481 e. The minimum absolute atomic E-state index is 0.0791. The number of Topliss-reactive ketones (excluding diaryl/α,β-unsaturated/α-hetero) is 1. The molecule has 0 saturated heterocycles. The van der Waals surface area contributed by atoms with E-state index in [9.17, 15) is 19.5 Å². The van der Waals surface area contributed by atoms with Crippen LogP contribution in [0.2, 0.25) is 0 Å². The van der Waals surface area contributed by atoms with E-state index >= 15 is 0 Å². The number of rotatable bonds is 2. The molecule has 0 heterocycles. The lowest BCUT2D eigenvalue weighted by atomic mass is 9.48. The number of ketones is 2. The van der Waals surface area contributed by atoms with E-state index in [4.69, 9.17) is 0 Å². The van der Waals surface area contributed by atoms with Gasteiger partial charge < -0.3 is 5.11 Å². The van der Waals surface area contributed by atoms with Crippen LogP contribution in [0.25, 0.3) is 0 Å². The number of hydrogen-bond donors (Lipinski definition) is 1. The number of carbonyl (C=O) groups is 3. The third kappa shape index (κ3) is 2.17. The van der Waals surface area contributed by atoms with E-state index in [1.807, 2.05) is 6.92 Å². The summed E-state index contributed by atoms with van der Waals surface area (Å²) in [7, 11) is 0. The minimum atomic E-state index is -0.797. The lowest BCUT2D eigenvalue weighted by Gasteiger charge is -2.55. The molecule has 4 aliphatic rings.